The van der Waals surface area contributed by atoms with E-state index in [1.165, 1.54) is 38.5 Å². The van der Waals surface area contributed by atoms with Crippen LogP contribution in [0.2, 0.25) is 0 Å². The minimum atomic E-state index is 0.454. The lowest BCUT2D eigenvalue weighted by Crippen LogP contribution is -2.40. The summed E-state index contributed by atoms with van der Waals surface area (Å²) < 4.78 is 5.67. The number of ether oxygens (including phenoxy) is 1. The van der Waals surface area contributed by atoms with Crippen LogP contribution in [0.1, 0.15) is 38.5 Å². The van der Waals surface area contributed by atoms with Crippen molar-refractivity contribution in [1.82, 2.24) is 4.90 Å². The quantitative estimate of drug-likeness (QED) is 0.699. The minimum Gasteiger partial charge on any atom is -0.380 e. The monoisotopic (exact) mass is 226 g/mol. The highest BCUT2D eigenvalue weighted by molar-refractivity contribution is 4.79. The van der Waals surface area contributed by atoms with Crippen molar-refractivity contribution in [3.63, 3.8) is 0 Å². The molecule has 3 heteroatoms. The zero-order valence-corrected chi connectivity index (χ0v) is 10.5. The van der Waals surface area contributed by atoms with Gasteiger partial charge >= 0.3 is 0 Å². The summed E-state index contributed by atoms with van der Waals surface area (Å²) in [5.41, 5.74) is 5.92. The lowest BCUT2D eigenvalue weighted by atomic mass is 9.91. The summed E-state index contributed by atoms with van der Waals surface area (Å²) in [6.07, 6.45) is 7.68. The predicted octanol–water partition coefficient (Wildman–Crippen LogP) is 1.61. The van der Waals surface area contributed by atoms with Gasteiger partial charge in [-0.1, -0.05) is 0 Å². The molecule has 2 N–H and O–H groups in total. The molecular weight excluding hydrogens is 200 g/mol. The Morgan fingerprint density at radius 3 is 2.44 bits per heavy atom. The minimum absolute atomic E-state index is 0.454. The molecule has 3 nitrogen and oxygen atoms in total. The first-order chi connectivity index (χ1) is 7.75. The van der Waals surface area contributed by atoms with Crippen molar-refractivity contribution in [2.75, 3.05) is 26.8 Å². The van der Waals surface area contributed by atoms with Crippen LogP contribution in [0.5, 0.6) is 0 Å². The standard InChI is InChI=1S/C13H26N2O/c1-15(8-9-16-10-11-2-3-11)13-6-4-12(14)5-7-13/h11-13H,2-10,14H2,1H3. The Morgan fingerprint density at radius 2 is 1.81 bits per heavy atom. The smallest absolute Gasteiger partial charge is 0.0593 e. The van der Waals surface area contributed by atoms with Gasteiger partial charge in [0.05, 0.1) is 6.61 Å². The molecule has 2 saturated carbocycles. The maximum atomic E-state index is 5.92. The third-order valence-electron chi connectivity index (χ3n) is 4.00. The summed E-state index contributed by atoms with van der Waals surface area (Å²) in [6.45, 7) is 2.96. The largest absolute Gasteiger partial charge is 0.380 e. The Kier molecular flexibility index (Phi) is 4.62. The third kappa shape index (κ3) is 4.04. The molecule has 0 aromatic carbocycles. The van der Waals surface area contributed by atoms with E-state index >= 15 is 0 Å². The van der Waals surface area contributed by atoms with Crippen LogP contribution in [0.4, 0.5) is 0 Å². The number of nitrogens with zero attached hydrogens (tertiary/aromatic N) is 1. The first-order valence-electron chi connectivity index (χ1n) is 6.79. The van der Waals surface area contributed by atoms with Crippen LogP contribution in [0, 0.1) is 5.92 Å². The van der Waals surface area contributed by atoms with Crippen LogP contribution in [-0.4, -0.2) is 43.8 Å². The normalized spacial score (nSPS) is 30.9. The molecule has 0 heterocycles. The van der Waals surface area contributed by atoms with E-state index < -0.39 is 0 Å². The van der Waals surface area contributed by atoms with Crippen LogP contribution < -0.4 is 5.73 Å². The van der Waals surface area contributed by atoms with Gasteiger partial charge in [0, 0.05) is 25.2 Å². The van der Waals surface area contributed by atoms with Gasteiger partial charge in [-0.05, 0) is 51.5 Å². The predicted molar refractivity (Wildman–Crippen MR) is 66.4 cm³/mol. The lowest BCUT2D eigenvalue weighted by Gasteiger charge is -2.33. The number of hydrogen-bond acceptors (Lipinski definition) is 3. The van der Waals surface area contributed by atoms with Crippen molar-refractivity contribution in [3.05, 3.63) is 0 Å². The molecule has 16 heavy (non-hydrogen) atoms. The van der Waals surface area contributed by atoms with Crippen molar-refractivity contribution < 1.29 is 4.74 Å². The van der Waals surface area contributed by atoms with E-state index in [-0.39, 0.29) is 0 Å². The zero-order chi connectivity index (χ0) is 11.4. The van der Waals surface area contributed by atoms with E-state index in [1.807, 2.05) is 0 Å². The topological polar surface area (TPSA) is 38.5 Å². The SMILES string of the molecule is CN(CCOCC1CC1)C1CCC(N)CC1. The molecule has 0 saturated heterocycles. The molecule has 2 aliphatic rings. The second kappa shape index (κ2) is 5.99. The number of nitrogens with two attached hydrogens (primary N) is 1. The maximum absolute atomic E-state index is 5.92. The van der Waals surface area contributed by atoms with Crippen LogP contribution >= 0.6 is 0 Å². The first kappa shape index (κ1) is 12.3. The molecule has 0 bridgehead atoms. The zero-order valence-electron chi connectivity index (χ0n) is 10.5. The average molecular weight is 226 g/mol. The summed E-state index contributed by atoms with van der Waals surface area (Å²) in [5, 5.41) is 0. The summed E-state index contributed by atoms with van der Waals surface area (Å²) in [7, 11) is 2.22. The van der Waals surface area contributed by atoms with Gasteiger partial charge in [-0.2, -0.15) is 0 Å². The highest BCUT2D eigenvalue weighted by atomic mass is 16.5. The maximum Gasteiger partial charge on any atom is 0.0593 e. The van der Waals surface area contributed by atoms with Crippen LogP contribution in [0.3, 0.4) is 0 Å². The highest BCUT2D eigenvalue weighted by Gasteiger charge is 2.23. The molecule has 0 atom stereocenters. The molecule has 0 unspecified atom stereocenters. The molecule has 0 aromatic rings. The lowest BCUT2D eigenvalue weighted by molar-refractivity contribution is 0.0826. The fraction of sp³-hybridized carbons (Fsp3) is 1.00. The second-order valence-corrected chi connectivity index (χ2v) is 5.57. The average Bonchev–Trinajstić information content (AvgIpc) is 3.09. The van der Waals surface area contributed by atoms with E-state index in [4.69, 9.17) is 10.5 Å². The number of rotatable bonds is 6. The van der Waals surface area contributed by atoms with Crippen LogP contribution in [0.25, 0.3) is 0 Å². The van der Waals surface area contributed by atoms with Gasteiger partial charge in [0.2, 0.25) is 0 Å². The third-order valence-corrected chi connectivity index (χ3v) is 4.00. The number of likely N-dealkylation sites (N-methyl/N-ethyl adjacent to an activating group) is 1. The van der Waals surface area contributed by atoms with Gasteiger partial charge in [0.25, 0.3) is 0 Å². The Bertz CT molecular complexity index is 198. The molecule has 0 aliphatic heterocycles. The number of hydrogen-bond donors (Lipinski definition) is 1. The van der Waals surface area contributed by atoms with E-state index in [1.54, 1.807) is 0 Å². The van der Waals surface area contributed by atoms with Crippen molar-refractivity contribution in [1.29, 1.82) is 0 Å². The van der Waals surface area contributed by atoms with Crippen molar-refractivity contribution in [3.8, 4) is 0 Å². The van der Waals surface area contributed by atoms with Crippen LogP contribution in [0.15, 0.2) is 0 Å². The van der Waals surface area contributed by atoms with Gasteiger partial charge in [-0.15, -0.1) is 0 Å². The van der Waals surface area contributed by atoms with Crippen LogP contribution in [-0.2, 0) is 4.74 Å². The second-order valence-electron chi connectivity index (χ2n) is 5.57. The van der Waals surface area contributed by atoms with Gasteiger partial charge in [-0.25, -0.2) is 0 Å². The van der Waals surface area contributed by atoms with Gasteiger partial charge in [0.1, 0.15) is 0 Å². The summed E-state index contributed by atoms with van der Waals surface area (Å²) in [5.74, 6) is 0.887. The summed E-state index contributed by atoms with van der Waals surface area (Å²) >= 11 is 0. The Balaban J connectivity index is 1.53. The first-order valence-corrected chi connectivity index (χ1v) is 6.79. The molecular formula is C13H26N2O. The molecule has 0 spiro atoms. The molecule has 2 rings (SSSR count). The van der Waals surface area contributed by atoms with E-state index in [0.29, 0.717) is 6.04 Å². The molecule has 0 aromatic heterocycles. The van der Waals surface area contributed by atoms with E-state index in [2.05, 4.69) is 11.9 Å². The van der Waals surface area contributed by atoms with Gasteiger partial charge in [0.15, 0.2) is 0 Å². The van der Waals surface area contributed by atoms with Crippen molar-refractivity contribution >= 4 is 0 Å². The van der Waals surface area contributed by atoms with E-state index in [9.17, 15) is 0 Å². The Labute approximate surface area is 99.3 Å². The van der Waals surface area contributed by atoms with Crippen molar-refractivity contribution in [2.45, 2.75) is 50.6 Å². The van der Waals surface area contributed by atoms with Gasteiger partial charge < -0.3 is 15.4 Å². The molecule has 94 valence electrons. The van der Waals surface area contributed by atoms with Gasteiger partial charge in [-0.3, -0.25) is 0 Å². The fourth-order valence-corrected chi connectivity index (χ4v) is 2.47. The molecule has 0 radical (unpaired) electrons. The summed E-state index contributed by atoms with van der Waals surface area (Å²) in [4.78, 5) is 2.46. The Hall–Kier alpha value is -0.120. The molecule has 2 aliphatic carbocycles. The Morgan fingerprint density at radius 1 is 1.12 bits per heavy atom. The fourth-order valence-electron chi connectivity index (χ4n) is 2.47. The highest BCUT2D eigenvalue weighted by Crippen LogP contribution is 2.28. The van der Waals surface area contributed by atoms with Crippen molar-refractivity contribution in [2.24, 2.45) is 11.7 Å². The summed E-state index contributed by atoms with van der Waals surface area (Å²) in [6, 6.07) is 1.19. The molecule has 2 fully saturated rings. The molecule has 0 amide bonds. The van der Waals surface area contributed by atoms with E-state index in [0.717, 1.165) is 31.7 Å².